The third kappa shape index (κ3) is 12.2. The van der Waals surface area contributed by atoms with Gasteiger partial charge in [-0.2, -0.15) is 13.2 Å². The minimum Gasteiger partial charge on any atom is -0.376 e. The summed E-state index contributed by atoms with van der Waals surface area (Å²) in [5, 5.41) is 6.05. The smallest absolute Gasteiger partial charge is 0.376 e. The number of aliphatic imine (C=N–C) groups is 1. The number of alkyl halides is 3. The molecule has 1 saturated heterocycles. The minimum atomic E-state index is -4.12. The fourth-order valence-corrected chi connectivity index (χ4v) is 2.14. The van der Waals surface area contributed by atoms with Crippen molar-refractivity contribution in [1.29, 1.82) is 0 Å². The van der Waals surface area contributed by atoms with Gasteiger partial charge in [0.25, 0.3) is 0 Å². The summed E-state index contributed by atoms with van der Waals surface area (Å²) in [5.74, 6) is 0.276. The number of guanidine groups is 1. The van der Waals surface area contributed by atoms with E-state index in [2.05, 4.69) is 15.6 Å². The van der Waals surface area contributed by atoms with Crippen LogP contribution in [0.4, 0.5) is 13.2 Å². The number of halogens is 4. The number of nitrogens with zero attached hydrogens (tertiary/aromatic N) is 2. The highest BCUT2D eigenvalue weighted by Gasteiger charge is 2.25. The van der Waals surface area contributed by atoms with Crippen LogP contribution in [0.1, 0.15) is 32.1 Å². The lowest BCUT2D eigenvalue weighted by molar-refractivity contribution is -0.135. The molecular formula is C15H28F3IN4O2. The molecule has 1 unspecified atom stereocenters. The predicted molar refractivity (Wildman–Crippen MR) is 101 cm³/mol. The molecular weight excluding hydrogens is 452 g/mol. The Labute approximate surface area is 164 Å². The molecule has 1 heterocycles. The first-order chi connectivity index (χ1) is 11.3. The lowest BCUT2D eigenvalue weighted by Gasteiger charge is -2.16. The number of ether oxygens (including phenoxy) is 1. The summed E-state index contributed by atoms with van der Waals surface area (Å²) in [5.41, 5.74) is 0. The van der Waals surface area contributed by atoms with Crippen LogP contribution in [0.3, 0.4) is 0 Å². The average Bonchev–Trinajstić information content (AvgIpc) is 3.00. The van der Waals surface area contributed by atoms with Crippen LogP contribution in [0.15, 0.2) is 4.99 Å². The Kier molecular flexibility index (Phi) is 12.2. The quantitative estimate of drug-likeness (QED) is 0.242. The molecule has 1 rings (SSSR count). The summed E-state index contributed by atoms with van der Waals surface area (Å²) in [6.45, 7) is 1.65. The van der Waals surface area contributed by atoms with Crippen LogP contribution in [0.25, 0.3) is 0 Å². The zero-order valence-electron chi connectivity index (χ0n) is 14.7. The summed E-state index contributed by atoms with van der Waals surface area (Å²) in [7, 11) is 3.28. The molecule has 0 aromatic heterocycles. The van der Waals surface area contributed by atoms with Crippen LogP contribution in [-0.4, -0.2) is 69.4 Å². The zero-order valence-corrected chi connectivity index (χ0v) is 17.0. The Balaban J connectivity index is 0.00000576. The number of likely N-dealkylation sites (N-methyl/N-ethyl adjacent to an activating group) is 1. The van der Waals surface area contributed by atoms with Crippen LogP contribution < -0.4 is 10.6 Å². The Hall–Kier alpha value is -0.780. The van der Waals surface area contributed by atoms with Gasteiger partial charge in [0.15, 0.2) is 5.96 Å². The Morgan fingerprint density at radius 3 is 2.56 bits per heavy atom. The van der Waals surface area contributed by atoms with Crippen LogP contribution in [-0.2, 0) is 9.53 Å². The lowest BCUT2D eigenvalue weighted by Crippen LogP contribution is -2.42. The van der Waals surface area contributed by atoms with E-state index in [1.165, 1.54) is 4.90 Å². The number of hydrogen-bond donors (Lipinski definition) is 2. The minimum absolute atomic E-state index is 0. The van der Waals surface area contributed by atoms with Gasteiger partial charge in [-0.1, -0.05) is 0 Å². The standard InChI is InChI=1S/C15H27F3N4O2.HI/c1-22(2)13(23)11-21-14(20-10-12-6-5-9-24-12)19-8-4-3-7-15(16,17)18;/h12H,3-11H2,1-2H3,(H2,19,20,21);1H. The second-order valence-corrected chi connectivity index (χ2v) is 5.97. The largest absolute Gasteiger partial charge is 0.389 e. The van der Waals surface area contributed by atoms with Crippen molar-refractivity contribution in [2.24, 2.45) is 4.99 Å². The molecule has 148 valence electrons. The van der Waals surface area contributed by atoms with Gasteiger partial charge < -0.3 is 20.3 Å². The molecule has 0 spiro atoms. The van der Waals surface area contributed by atoms with Crippen LogP contribution >= 0.6 is 24.0 Å². The van der Waals surface area contributed by atoms with Crippen molar-refractivity contribution in [2.45, 2.75) is 44.4 Å². The molecule has 1 aliphatic heterocycles. The molecule has 0 aromatic rings. The maximum Gasteiger partial charge on any atom is 0.389 e. The number of carbonyl (C=O) groups excluding carboxylic acids is 1. The van der Waals surface area contributed by atoms with E-state index in [9.17, 15) is 18.0 Å². The van der Waals surface area contributed by atoms with E-state index < -0.39 is 12.6 Å². The van der Waals surface area contributed by atoms with Crippen molar-refractivity contribution in [3.05, 3.63) is 0 Å². The van der Waals surface area contributed by atoms with Crippen molar-refractivity contribution in [3.8, 4) is 0 Å². The second-order valence-electron chi connectivity index (χ2n) is 5.97. The highest BCUT2D eigenvalue weighted by atomic mass is 127. The van der Waals surface area contributed by atoms with Gasteiger partial charge in [-0.05, 0) is 25.7 Å². The molecule has 2 N–H and O–H groups in total. The Morgan fingerprint density at radius 1 is 1.28 bits per heavy atom. The summed E-state index contributed by atoms with van der Waals surface area (Å²) >= 11 is 0. The van der Waals surface area contributed by atoms with Crippen molar-refractivity contribution >= 4 is 35.8 Å². The van der Waals surface area contributed by atoms with E-state index in [4.69, 9.17) is 4.74 Å². The lowest BCUT2D eigenvalue weighted by atomic mass is 10.2. The summed E-state index contributed by atoms with van der Waals surface area (Å²) in [6, 6.07) is 0. The molecule has 1 aliphatic rings. The van der Waals surface area contributed by atoms with Crippen molar-refractivity contribution < 1.29 is 22.7 Å². The molecule has 1 fully saturated rings. The molecule has 0 aromatic carbocycles. The fourth-order valence-electron chi connectivity index (χ4n) is 2.14. The zero-order chi connectivity index (χ0) is 18.0. The number of amides is 1. The number of unbranched alkanes of at least 4 members (excludes halogenated alkanes) is 1. The van der Waals surface area contributed by atoms with Gasteiger partial charge in [-0.15, -0.1) is 24.0 Å². The molecule has 1 amide bonds. The topological polar surface area (TPSA) is 66.0 Å². The first-order valence-electron chi connectivity index (χ1n) is 8.18. The molecule has 6 nitrogen and oxygen atoms in total. The number of nitrogens with one attached hydrogen (secondary N) is 2. The first-order valence-corrected chi connectivity index (χ1v) is 8.18. The number of carbonyl (C=O) groups is 1. The first kappa shape index (κ1) is 24.2. The Morgan fingerprint density at radius 2 is 2.00 bits per heavy atom. The van der Waals surface area contributed by atoms with Crippen LogP contribution in [0.5, 0.6) is 0 Å². The van der Waals surface area contributed by atoms with E-state index in [1.54, 1.807) is 14.1 Å². The predicted octanol–water partition coefficient (Wildman–Crippen LogP) is 2.14. The van der Waals surface area contributed by atoms with Gasteiger partial charge in [0.05, 0.1) is 6.10 Å². The van der Waals surface area contributed by atoms with Gasteiger partial charge >= 0.3 is 6.18 Å². The monoisotopic (exact) mass is 480 g/mol. The van der Waals surface area contributed by atoms with E-state index in [0.29, 0.717) is 25.5 Å². The van der Waals surface area contributed by atoms with E-state index in [-0.39, 0.29) is 49.0 Å². The van der Waals surface area contributed by atoms with Gasteiger partial charge in [0, 0.05) is 40.2 Å². The second kappa shape index (κ2) is 12.6. The summed E-state index contributed by atoms with van der Waals surface area (Å²) in [4.78, 5) is 17.2. The van der Waals surface area contributed by atoms with Gasteiger partial charge in [-0.25, -0.2) is 4.99 Å². The SMILES string of the molecule is CN(C)C(=O)CN=C(NCCCCC(F)(F)F)NCC1CCCO1.I. The molecule has 0 saturated carbocycles. The van der Waals surface area contributed by atoms with Gasteiger partial charge in [-0.3, -0.25) is 4.79 Å². The molecule has 10 heteroatoms. The number of hydrogen-bond acceptors (Lipinski definition) is 3. The van der Waals surface area contributed by atoms with Gasteiger partial charge in [0.1, 0.15) is 6.54 Å². The fraction of sp³-hybridized carbons (Fsp3) is 0.867. The summed E-state index contributed by atoms with van der Waals surface area (Å²) < 4.78 is 41.8. The van der Waals surface area contributed by atoms with Crippen molar-refractivity contribution in [3.63, 3.8) is 0 Å². The third-order valence-electron chi connectivity index (χ3n) is 3.57. The van der Waals surface area contributed by atoms with E-state index >= 15 is 0 Å². The van der Waals surface area contributed by atoms with E-state index in [1.807, 2.05) is 0 Å². The average molecular weight is 480 g/mol. The Bertz CT molecular complexity index is 414. The van der Waals surface area contributed by atoms with Crippen molar-refractivity contribution in [2.75, 3.05) is 40.3 Å². The van der Waals surface area contributed by atoms with Gasteiger partial charge in [0.2, 0.25) is 5.91 Å². The number of rotatable bonds is 8. The molecule has 0 bridgehead atoms. The highest BCUT2D eigenvalue weighted by Crippen LogP contribution is 2.21. The van der Waals surface area contributed by atoms with E-state index in [0.717, 1.165) is 19.4 Å². The van der Waals surface area contributed by atoms with Crippen LogP contribution in [0, 0.1) is 0 Å². The molecule has 0 aliphatic carbocycles. The molecule has 25 heavy (non-hydrogen) atoms. The molecule has 1 atom stereocenters. The van der Waals surface area contributed by atoms with Crippen LogP contribution in [0.2, 0.25) is 0 Å². The molecule has 0 radical (unpaired) electrons. The summed E-state index contributed by atoms with van der Waals surface area (Å²) in [6.07, 6.45) is -2.39. The highest BCUT2D eigenvalue weighted by molar-refractivity contribution is 14.0. The third-order valence-corrected chi connectivity index (χ3v) is 3.57. The maximum absolute atomic E-state index is 12.1. The maximum atomic E-state index is 12.1. The van der Waals surface area contributed by atoms with Crippen molar-refractivity contribution in [1.82, 2.24) is 15.5 Å². The normalized spacial score (nSPS) is 17.8.